The molecule has 3 rings (SSSR count). The lowest BCUT2D eigenvalue weighted by molar-refractivity contribution is 0.0699. The molecule has 3 aromatic rings. The van der Waals surface area contributed by atoms with Crippen molar-refractivity contribution >= 4 is 26.9 Å². The molecule has 0 aliphatic heterocycles. The number of fused-ring (bicyclic) bond motifs is 1. The first-order valence-electron chi connectivity index (χ1n) is 7.67. The van der Waals surface area contributed by atoms with Gasteiger partial charge in [-0.25, -0.2) is 31.3 Å². The first kappa shape index (κ1) is 18.9. The summed E-state index contributed by atoms with van der Waals surface area (Å²) in [6, 6.07) is 7.68. The van der Waals surface area contributed by atoms with E-state index in [1.807, 2.05) is 0 Å². The summed E-state index contributed by atoms with van der Waals surface area (Å²) < 4.78 is 53.1. The predicted molar refractivity (Wildman–Crippen MR) is 94.9 cm³/mol. The maximum Gasteiger partial charge on any atom is 0.336 e. The number of aromatic nitrogens is 1. The summed E-state index contributed by atoms with van der Waals surface area (Å²) in [5.41, 5.74) is -0.384. The minimum atomic E-state index is -3.78. The first-order valence-corrected chi connectivity index (χ1v) is 9.11. The lowest BCUT2D eigenvalue weighted by atomic mass is 10.0. The van der Waals surface area contributed by atoms with E-state index in [2.05, 4.69) is 4.98 Å². The lowest BCUT2D eigenvalue weighted by Crippen LogP contribution is -2.22. The summed E-state index contributed by atoms with van der Waals surface area (Å²) >= 11 is 0. The van der Waals surface area contributed by atoms with E-state index in [9.17, 15) is 27.1 Å². The van der Waals surface area contributed by atoms with Crippen molar-refractivity contribution < 1.29 is 27.1 Å². The van der Waals surface area contributed by atoms with Gasteiger partial charge in [-0.1, -0.05) is 0 Å². The van der Waals surface area contributed by atoms with Crippen LogP contribution in [0.1, 0.15) is 10.4 Å². The van der Waals surface area contributed by atoms with Crippen molar-refractivity contribution in [2.45, 2.75) is 4.90 Å². The van der Waals surface area contributed by atoms with Gasteiger partial charge in [0.25, 0.3) is 0 Å². The number of aromatic carboxylic acids is 1. The highest BCUT2D eigenvalue weighted by molar-refractivity contribution is 7.89. The van der Waals surface area contributed by atoms with Crippen LogP contribution in [0.2, 0.25) is 0 Å². The number of benzene rings is 2. The molecule has 0 atom stereocenters. The fourth-order valence-corrected chi connectivity index (χ4v) is 3.51. The van der Waals surface area contributed by atoms with Crippen LogP contribution in [0.4, 0.5) is 8.78 Å². The van der Waals surface area contributed by atoms with E-state index in [1.165, 1.54) is 32.3 Å². The maximum atomic E-state index is 14.1. The molecule has 1 N–H and O–H groups in total. The third-order valence-electron chi connectivity index (χ3n) is 3.99. The molecule has 0 saturated heterocycles. The first-order chi connectivity index (χ1) is 12.6. The number of carboxylic acid groups (broad SMARTS) is 1. The molecule has 0 aliphatic carbocycles. The molecule has 27 heavy (non-hydrogen) atoms. The van der Waals surface area contributed by atoms with Crippen molar-refractivity contribution in [2.75, 3.05) is 14.1 Å². The smallest absolute Gasteiger partial charge is 0.336 e. The van der Waals surface area contributed by atoms with Crippen molar-refractivity contribution in [2.24, 2.45) is 0 Å². The van der Waals surface area contributed by atoms with Gasteiger partial charge >= 0.3 is 5.97 Å². The fourth-order valence-electron chi connectivity index (χ4n) is 2.58. The molecule has 1 aromatic heterocycles. The van der Waals surface area contributed by atoms with Crippen molar-refractivity contribution in [3.8, 4) is 11.3 Å². The van der Waals surface area contributed by atoms with Crippen LogP contribution in [0.5, 0.6) is 0 Å². The van der Waals surface area contributed by atoms with E-state index in [-0.39, 0.29) is 32.6 Å². The monoisotopic (exact) mass is 392 g/mol. The molecule has 140 valence electrons. The minimum Gasteiger partial charge on any atom is -0.478 e. The molecule has 0 spiro atoms. The summed E-state index contributed by atoms with van der Waals surface area (Å²) in [4.78, 5) is 15.8. The number of halogens is 2. The Kier molecular flexibility index (Phi) is 4.66. The van der Waals surface area contributed by atoms with Crippen molar-refractivity contribution in [3.63, 3.8) is 0 Å². The Morgan fingerprint density at radius 3 is 2.41 bits per heavy atom. The zero-order valence-electron chi connectivity index (χ0n) is 14.3. The van der Waals surface area contributed by atoms with Crippen molar-refractivity contribution in [1.82, 2.24) is 9.29 Å². The molecule has 0 unspecified atom stereocenters. The quantitative estimate of drug-likeness (QED) is 0.737. The maximum absolute atomic E-state index is 14.1. The number of sulfonamides is 1. The molecule has 2 aromatic carbocycles. The highest BCUT2D eigenvalue weighted by Crippen LogP contribution is 2.29. The van der Waals surface area contributed by atoms with Crippen LogP contribution >= 0.6 is 0 Å². The Bertz CT molecular complexity index is 1180. The highest BCUT2D eigenvalue weighted by atomic mass is 32.2. The summed E-state index contributed by atoms with van der Waals surface area (Å²) in [5.74, 6) is -2.80. The van der Waals surface area contributed by atoms with E-state index in [0.29, 0.717) is 0 Å². The second-order valence-corrected chi connectivity index (χ2v) is 8.10. The predicted octanol–water partition coefficient (Wildman–Crippen LogP) is 3.13. The van der Waals surface area contributed by atoms with Crippen molar-refractivity contribution in [1.29, 1.82) is 0 Å². The summed E-state index contributed by atoms with van der Waals surface area (Å²) in [6.45, 7) is 0. The number of hydrogen-bond donors (Lipinski definition) is 1. The van der Waals surface area contributed by atoms with Crippen LogP contribution < -0.4 is 0 Å². The largest absolute Gasteiger partial charge is 0.478 e. The van der Waals surface area contributed by atoms with Gasteiger partial charge in [0.1, 0.15) is 11.6 Å². The number of carboxylic acids is 1. The number of nitrogens with zero attached hydrogens (tertiary/aromatic N) is 2. The van der Waals surface area contributed by atoms with E-state index in [4.69, 9.17) is 0 Å². The molecule has 0 radical (unpaired) electrons. The molecular formula is C18H14F2N2O4S. The molecule has 0 bridgehead atoms. The number of pyridine rings is 1. The average molecular weight is 392 g/mol. The van der Waals surface area contributed by atoms with E-state index in [0.717, 1.165) is 28.6 Å². The van der Waals surface area contributed by atoms with Crippen molar-refractivity contribution in [3.05, 3.63) is 59.7 Å². The average Bonchev–Trinajstić information content (AvgIpc) is 2.62. The third-order valence-corrected chi connectivity index (χ3v) is 5.80. The Labute approximate surface area is 153 Å². The van der Waals surface area contributed by atoms with Gasteiger partial charge in [0.2, 0.25) is 10.0 Å². The zero-order valence-corrected chi connectivity index (χ0v) is 15.1. The second-order valence-electron chi connectivity index (χ2n) is 5.95. The molecule has 0 fully saturated rings. The van der Waals surface area contributed by atoms with Gasteiger partial charge in [0.05, 0.1) is 21.7 Å². The Morgan fingerprint density at radius 2 is 1.78 bits per heavy atom. The fraction of sp³-hybridized carbons (Fsp3) is 0.111. The van der Waals surface area contributed by atoms with Gasteiger partial charge in [-0.3, -0.25) is 0 Å². The molecular weight excluding hydrogens is 378 g/mol. The third kappa shape index (κ3) is 3.38. The summed E-state index contributed by atoms with van der Waals surface area (Å²) in [5, 5.41) is 9.60. The molecule has 1 heterocycles. The molecule has 0 amide bonds. The Hall–Kier alpha value is -2.91. The lowest BCUT2D eigenvalue weighted by Gasteiger charge is -2.13. The molecule has 0 saturated carbocycles. The minimum absolute atomic E-state index is 0.0693. The standard InChI is InChI=1S/C18H14F2N2O4S/c1-22(2)27(25,26)11-4-6-16-12(8-11)13(18(23)24)9-17(21-16)14-7-10(19)3-5-15(14)20/h3-9H,1-2H3,(H,23,24). The van der Waals surface area contributed by atoms with Crippen LogP contribution in [-0.4, -0.2) is 42.9 Å². The zero-order chi connectivity index (χ0) is 19.9. The Balaban J connectivity index is 2.31. The summed E-state index contributed by atoms with van der Waals surface area (Å²) in [6.07, 6.45) is 0. The van der Waals surface area contributed by atoms with Crippen LogP contribution in [0.25, 0.3) is 22.2 Å². The Morgan fingerprint density at radius 1 is 1.07 bits per heavy atom. The molecule has 9 heteroatoms. The number of hydrogen-bond acceptors (Lipinski definition) is 4. The van der Waals surface area contributed by atoms with E-state index < -0.39 is 27.6 Å². The van der Waals surface area contributed by atoms with Crippen LogP contribution in [0.3, 0.4) is 0 Å². The van der Waals surface area contributed by atoms with Crippen LogP contribution in [0.15, 0.2) is 47.4 Å². The highest BCUT2D eigenvalue weighted by Gasteiger charge is 2.21. The van der Waals surface area contributed by atoms with E-state index >= 15 is 0 Å². The SMILES string of the molecule is CN(C)S(=O)(=O)c1ccc2nc(-c3cc(F)ccc3F)cc(C(=O)O)c2c1. The van der Waals surface area contributed by atoms with Gasteiger partial charge < -0.3 is 5.11 Å². The van der Waals surface area contributed by atoms with Crippen LogP contribution in [0, 0.1) is 11.6 Å². The van der Waals surface area contributed by atoms with Gasteiger partial charge in [-0.2, -0.15) is 0 Å². The second kappa shape index (κ2) is 6.67. The van der Waals surface area contributed by atoms with Gasteiger partial charge in [-0.15, -0.1) is 0 Å². The van der Waals surface area contributed by atoms with Gasteiger partial charge in [0.15, 0.2) is 0 Å². The number of rotatable bonds is 4. The topological polar surface area (TPSA) is 87.6 Å². The molecule has 6 nitrogen and oxygen atoms in total. The van der Waals surface area contributed by atoms with Gasteiger partial charge in [-0.05, 0) is 42.5 Å². The van der Waals surface area contributed by atoms with Crippen LogP contribution in [-0.2, 0) is 10.0 Å². The van der Waals surface area contributed by atoms with Gasteiger partial charge in [0, 0.05) is 25.0 Å². The summed E-state index contributed by atoms with van der Waals surface area (Å²) in [7, 11) is -1.08. The normalized spacial score (nSPS) is 11.9. The van der Waals surface area contributed by atoms with E-state index in [1.54, 1.807) is 0 Å². The molecule has 0 aliphatic rings. The number of carbonyl (C=O) groups is 1.